The highest BCUT2D eigenvalue weighted by Gasteiger charge is 2.21. The minimum absolute atomic E-state index is 0.00371. The minimum atomic E-state index is -0.572. The van der Waals surface area contributed by atoms with Crippen molar-refractivity contribution in [2.24, 2.45) is 0 Å². The maximum absolute atomic E-state index is 14.0. The van der Waals surface area contributed by atoms with Crippen LogP contribution in [0.15, 0.2) is 53.5 Å². The molecular weight excluding hydrogens is 414 g/mol. The molecule has 4 rings (SSSR count). The Kier molecular flexibility index (Phi) is 5.28. The summed E-state index contributed by atoms with van der Waals surface area (Å²) in [6.07, 6.45) is 1.09. The van der Waals surface area contributed by atoms with E-state index in [4.69, 9.17) is 12.3 Å². The van der Waals surface area contributed by atoms with Crippen LogP contribution in [0.1, 0.15) is 24.2 Å². The molecule has 0 aliphatic carbocycles. The Morgan fingerprint density at radius 3 is 2.66 bits per heavy atom. The molecule has 0 aliphatic rings. The third kappa shape index (κ3) is 3.74. The van der Waals surface area contributed by atoms with Crippen molar-refractivity contribution >= 4 is 23.0 Å². The molecule has 0 bridgehead atoms. The van der Waals surface area contributed by atoms with Gasteiger partial charge in [0, 0.05) is 17.8 Å². The number of fused-ring (bicyclic) bond motifs is 1. The lowest BCUT2D eigenvalue weighted by Crippen LogP contribution is -2.21. The fraction of sp³-hybridized carbons (Fsp3) is 0.130. The fourth-order valence-corrected chi connectivity index (χ4v) is 3.64. The maximum atomic E-state index is 14.0. The highest BCUT2D eigenvalue weighted by Crippen LogP contribution is 2.33. The Bertz CT molecular complexity index is 1460. The molecule has 0 radical (unpaired) electrons. The molecule has 3 N–H and O–H groups in total. The third-order valence-corrected chi connectivity index (χ3v) is 5.09. The molecule has 0 aliphatic heterocycles. The first kappa shape index (κ1) is 20.9. The minimum Gasteiger partial charge on any atom is -0.372 e. The summed E-state index contributed by atoms with van der Waals surface area (Å²) in [7, 11) is 0. The number of aromatic nitrogens is 3. The summed E-state index contributed by atoms with van der Waals surface area (Å²) in [6.45, 7) is 10.9. The van der Waals surface area contributed by atoms with E-state index in [1.807, 2.05) is 0 Å². The van der Waals surface area contributed by atoms with Crippen molar-refractivity contribution in [2.45, 2.75) is 19.9 Å². The summed E-state index contributed by atoms with van der Waals surface area (Å²) in [5.74, 6) is -0.851. The predicted molar refractivity (Wildman–Crippen MR) is 119 cm³/mol. The molecule has 1 aromatic carbocycles. The number of nitrogen functional groups attached to an aromatic ring is 1. The Morgan fingerprint density at radius 1 is 1.16 bits per heavy atom. The van der Waals surface area contributed by atoms with E-state index in [0.29, 0.717) is 22.3 Å². The van der Waals surface area contributed by atoms with E-state index in [1.165, 1.54) is 34.7 Å². The van der Waals surface area contributed by atoms with Gasteiger partial charge in [0.05, 0.1) is 17.8 Å². The van der Waals surface area contributed by atoms with Crippen molar-refractivity contribution in [3.05, 3.63) is 93.3 Å². The first-order chi connectivity index (χ1) is 15.3. The fourth-order valence-electron chi connectivity index (χ4n) is 3.64. The van der Waals surface area contributed by atoms with Gasteiger partial charge in [0.1, 0.15) is 17.5 Å². The predicted octanol–water partition coefficient (Wildman–Crippen LogP) is 4.65. The zero-order valence-corrected chi connectivity index (χ0v) is 17.2. The zero-order chi connectivity index (χ0) is 23.0. The lowest BCUT2D eigenvalue weighted by molar-refractivity contribution is 0.618. The van der Waals surface area contributed by atoms with Gasteiger partial charge in [-0.2, -0.15) is 0 Å². The van der Waals surface area contributed by atoms with Gasteiger partial charge < -0.3 is 11.1 Å². The molecule has 0 fully saturated rings. The van der Waals surface area contributed by atoms with E-state index in [1.54, 1.807) is 26.0 Å². The maximum Gasteiger partial charge on any atom is 0.263 e. The van der Waals surface area contributed by atoms with Crippen LogP contribution in [0.3, 0.4) is 0 Å². The first-order valence-electron chi connectivity index (χ1n) is 9.67. The van der Waals surface area contributed by atoms with Crippen LogP contribution in [0.25, 0.3) is 21.5 Å². The van der Waals surface area contributed by atoms with Crippen LogP contribution in [0.5, 0.6) is 0 Å². The van der Waals surface area contributed by atoms with Crippen LogP contribution in [-0.4, -0.2) is 14.4 Å². The third-order valence-electron chi connectivity index (χ3n) is 5.09. The second-order valence-electron chi connectivity index (χ2n) is 7.27. The number of rotatable bonds is 4. The number of aryl methyl sites for hydroxylation is 1. The average molecular weight is 432 g/mol. The average Bonchev–Trinajstić information content (AvgIpc) is 2.73. The van der Waals surface area contributed by atoms with E-state index < -0.39 is 23.2 Å². The Labute approximate surface area is 182 Å². The van der Waals surface area contributed by atoms with Gasteiger partial charge in [-0.1, -0.05) is 12.1 Å². The Hall–Kier alpha value is -4.32. The molecular formula is C23H18F2N6O. The lowest BCUT2D eigenvalue weighted by Gasteiger charge is -2.21. The Morgan fingerprint density at radius 2 is 1.94 bits per heavy atom. The van der Waals surface area contributed by atoms with Gasteiger partial charge in [-0.15, -0.1) is 0 Å². The second kappa shape index (κ2) is 8.07. The molecule has 7 nitrogen and oxygen atoms in total. The topological polar surface area (TPSA) is 89.7 Å². The molecule has 1 atom stereocenters. The normalized spacial score (nSPS) is 11.8. The summed E-state index contributed by atoms with van der Waals surface area (Å²) in [5, 5.41) is 3.13. The van der Waals surface area contributed by atoms with E-state index in [9.17, 15) is 13.6 Å². The van der Waals surface area contributed by atoms with Crippen molar-refractivity contribution < 1.29 is 8.78 Å². The molecule has 160 valence electrons. The molecule has 0 amide bonds. The molecule has 9 heteroatoms. The van der Waals surface area contributed by atoms with Crippen LogP contribution in [0.2, 0.25) is 0 Å². The summed E-state index contributed by atoms with van der Waals surface area (Å²) >= 11 is 0. The second-order valence-corrected chi connectivity index (χ2v) is 7.27. The van der Waals surface area contributed by atoms with Crippen molar-refractivity contribution in [2.75, 3.05) is 11.1 Å². The van der Waals surface area contributed by atoms with E-state index in [-0.39, 0.29) is 23.0 Å². The number of nitrogens with zero attached hydrogens (tertiary/aromatic N) is 4. The van der Waals surface area contributed by atoms with Gasteiger partial charge in [0.2, 0.25) is 11.6 Å². The number of benzene rings is 1. The van der Waals surface area contributed by atoms with Crippen molar-refractivity contribution in [1.82, 2.24) is 14.4 Å². The zero-order valence-electron chi connectivity index (χ0n) is 17.2. The van der Waals surface area contributed by atoms with Gasteiger partial charge in [0.25, 0.3) is 5.56 Å². The van der Waals surface area contributed by atoms with Gasteiger partial charge in [-0.3, -0.25) is 9.20 Å². The summed E-state index contributed by atoms with van der Waals surface area (Å²) in [6, 6.07) is 9.55. The molecule has 0 saturated heterocycles. The molecule has 4 aromatic rings. The quantitative estimate of drug-likeness (QED) is 0.458. The summed E-state index contributed by atoms with van der Waals surface area (Å²) in [5.41, 5.74) is 7.42. The SMILES string of the molecule is [C-]#[N+]c1c(C)nc(N)nc1N[C@@H](C)c1cc2ccc(F)cn2c(=O)c1-c1cccc(F)c1. The van der Waals surface area contributed by atoms with Crippen LogP contribution in [-0.2, 0) is 0 Å². The highest BCUT2D eigenvalue weighted by molar-refractivity contribution is 5.73. The van der Waals surface area contributed by atoms with Gasteiger partial charge in [-0.05, 0) is 55.3 Å². The number of halogens is 2. The Balaban J connectivity index is 1.94. The standard InChI is InChI=1S/C23H18F2N6O/c1-12(28-21-20(27-3)13(2)29-23(26)30-21)18-10-17-8-7-16(25)11-31(17)22(32)19(18)14-5-4-6-15(24)9-14/h4-12H,1-2H3,(H3,26,28,29,30)/t12-/m0/s1. The monoisotopic (exact) mass is 432 g/mol. The van der Waals surface area contributed by atoms with E-state index in [0.717, 1.165) is 6.20 Å². The van der Waals surface area contributed by atoms with Gasteiger partial charge in [0.15, 0.2) is 0 Å². The van der Waals surface area contributed by atoms with Crippen LogP contribution < -0.4 is 16.6 Å². The smallest absolute Gasteiger partial charge is 0.263 e. The van der Waals surface area contributed by atoms with Crippen LogP contribution in [0, 0.1) is 25.1 Å². The number of anilines is 2. The lowest BCUT2D eigenvalue weighted by atomic mass is 9.96. The number of nitrogens with two attached hydrogens (primary N) is 1. The first-order valence-corrected chi connectivity index (χ1v) is 9.67. The molecule has 0 unspecified atom stereocenters. The number of nitrogens with one attached hydrogen (secondary N) is 1. The van der Waals surface area contributed by atoms with E-state index >= 15 is 0 Å². The molecule has 32 heavy (non-hydrogen) atoms. The highest BCUT2D eigenvalue weighted by atomic mass is 19.1. The summed E-state index contributed by atoms with van der Waals surface area (Å²) in [4.78, 5) is 25.0. The molecule has 0 saturated carbocycles. The van der Waals surface area contributed by atoms with Gasteiger partial charge >= 0.3 is 0 Å². The van der Waals surface area contributed by atoms with Crippen molar-refractivity contribution in [1.29, 1.82) is 0 Å². The van der Waals surface area contributed by atoms with Crippen LogP contribution >= 0.6 is 0 Å². The van der Waals surface area contributed by atoms with E-state index in [2.05, 4.69) is 20.1 Å². The number of hydrogen-bond donors (Lipinski definition) is 2. The molecule has 3 aromatic heterocycles. The van der Waals surface area contributed by atoms with Gasteiger partial charge in [-0.25, -0.2) is 23.6 Å². The number of pyridine rings is 2. The number of hydrogen-bond acceptors (Lipinski definition) is 5. The van der Waals surface area contributed by atoms with Crippen LogP contribution in [0.4, 0.5) is 26.2 Å². The largest absolute Gasteiger partial charge is 0.372 e. The molecule has 0 spiro atoms. The summed E-state index contributed by atoms with van der Waals surface area (Å²) < 4.78 is 29.0. The molecule has 3 heterocycles. The van der Waals surface area contributed by atoms with Crippen molar-refractivity contribution in [3.63, 3.8) is 0 Å². The van der Waals surface area contributed by atoms with Crippen molar-refractivity contribution in [3.8, 4) is 11.1 Å².